The average molecular weight is 335 g/mol. The van der Waals surface area contributed by atoms with E-state index >= 15 is 0 Å². The van der Waals surface area contributed by atoms with Crippen LogP contribution in [0.15, 0.2) is 24.3 Å². The number of hydrogen-bond donors (Lipinski definition) is 1. The van der Waals surface area contributed by atoms with E-state index in [0.29, 0.717) is 12.2 Å². The number of unbranched alkanes of at least 4 members (excludes halogenated alkanes) is 3. The second kappa shape index (κ2) is 10.7. The Kier molecular flexibility index (Phi) is 8.90. The molecule has 0 aliphatic carbocycles. The molecule has 0 aliphatic heterocycles. The van der Waals surface area contributed by atoms with Gasteiger partial charge in [-0.3, -0.25) is 4.79 Å². The van der Waals surface area contributed by atoms with Crippen molar-refractivity contribution >= 4 is 11.9 Å². The number of carbonyl (C=O) groups excluding carboxylic acids is 2. The van der Waals surface area contributed by atoms with Gasteiger partial charge in [-0.05, 0) is 36.6 Å². The van der Waals surface area contributed by atoms with E-state index in [1.807, 2.05) is 13.8 Å². The minimum atomic E-state index is -0.656. The first kappa shape index (κ1) is 20.0. The Hall–Kier alpha value is -2.04. The van der Waals surface area contributed by atoms with Gasteiger partial charge in [-0.15, -0.1) is 0 Å². The highest BCUT2D eigenvalue weighted by atomic mass is 16.5. The highest BCUT2D eigenvalue weighted by Gasteiger charge is 2.25. The van der Waals surface area contributed by atoms with Gasteiger partial charge in [0, 0.05) is 5.56 Å². The highest BCUT2D eigenvalue weighted by Crippen LogP contribution is 2.14. The lowest BCUT2D eigenvalue weighted by Gasteiger charge is -2.19. The van der Waals surface area contributed by atoms with Crippen molar-refractivity contribution in [2.45, 2.75) is 52.5 Å². The van der Waals surface area contributed by atoms with Gasteiger partial charge < -0.3 is 14.8 Å². The van der Waals surface area contributed by atoms with Crippen LogP contribution in [0.3, 0.4) is 0 Å². The van der Waals surface area contributed by atoms with E-state index in [2.05, 4.69) is 12.2 Å². The van der Waals surface area contributed by atoms with Crippen LogP contribution in [0.25, 0.3) is 0 Å². The quantitative estimate of drug-likeness (QED) is 0.524. The molecular weight excluding hydrogens is 306 g/mol. The van der Waals surface area contributed by atoms with Crippen LogP contribution in [0.1, 0.15) is 56.8 Å². The number of esters is 1. The Morgan fingerprint density at radius 2 is 1.75 bits per heavy atom. The van der Waals surface area contributed by atoms with Crippen LogP contribution >= 0.6 is 0 Å². The summed E-state index contributed by atoms with van der Waals surface area (Å²) >= 11 is 0. The maximum absolute atomic E-state index is 12.3. The summed E-state index contributed by atoms with van der Waals surface area (Å²) in [5.74, 6) is -0.0393. The fourth-order valence-corrected chi connectivity index (χ4v) is 2.27. The lowest BCUT2D eigenvalue weighted by Crippen LogP contribution is -2.45. The Labute approximate surface area is 144 Å². The van der Waals surface area contributed by atoms with Gasteiger partial charge in [0.15, 0.2) is 0 Å². The number of hydrogen-bond acceptors (Lipinski definition) is 4. The number of amides is 1. The van der Waals surface area contributed by atoms with Gasteiger partial charge in [0.2, 0.25) is 0 Å². The summed E-state index contributed by atoms with van der Waals surface area (Å²) in [5.41, 5.74) is 0.489. The van der Waals surface area contributed by atoms with Crippen molar-refractivity contribution < 1.29 is 19.1 Å². The van der Waals surface area contributed by atoms with Crippen LogP contribution in [0.4, 0.5) is 0 Å². The molecule has 0 aliphatic rings. The molecule has 0 saturated heterocycles. The molecule has 0 bridgehead atoms. The third kappa shape index (κ3) is 6.60. The molecule has 1 amide bonds. The molecule has 0 unspecified atom stereocenters. The largest absolute Gasteiger partial charge is 0.494 e. The second-order valence-corrected chi connectivity index (χ2v) is 6.15. The maximum Gasteiger partial charge on any atom is 0.328 e. The molecule has 1 aromatic rings. The van der Waals surface area contributed by atoms with E-state index in [9.17, 15) is 9.59 Å². The van der Waals surface area contributed by atoms with E-state index < -0.39 is 12.0 Å². The van der Waals surface area contributed by atoms with Crippen molar-refractivity contribution in [1.29, 1.82) is 0 Å². The van der Waals surface area contributed by atoms with Crippen LogP contribution in [0, 0.1) is 5.92 Å². The van der Waals surface area contributed by atoms with Crippen LogP contribution < -0.4 is 10.1 Å². The summed E-state index contributed by atoms with van der Waals surface area (Å²) < 4.78 is 10.4. The monoisotopic (exact) mass is 335 g/mol. The van der Waals surface area contributed by atoms with Crippen molar-refractivity contribution in [3.63, 3.8) is 0 Å². The van der Waals surface area contributed by atoms with Crippen LogP contribution in [-0.4, -0.2) is 31.6 Å². The molecule has 0 saturated carbocycles. The molecule has 24 heavy (non-hydrogen) atoms. The molecule has 1 rings (SSSR count). The summed E-state index contributed by atoms with van der Waals surface area (Å²) in [6.07, 6.45) is 4.62. The van der Waals surface area contributed by atoms with Gasteiger partial charge in [-0.2, -0.15) is 0 Å². The predicted molar refractivity (Wildman–Crippen MR) is 94.2 cm³/mol. The van der Waals surface area contributed by atoms with Gasteiger partial charge >= 0.3 is 5.97 Å². The minimum absolute atomic E-state index is 0.0490. The lowest BCUT2D eigenvalue weighted by molar-refractivity contribution is -0.144. The van der Waals surface area contributed by atoms with E-state index in [4.69, 9.17) is 9.47 Å². The fourth-order valence-electron chi connectivity index (χ4n) is 2.27. The number of nitrogens with one attached hydrogen (secondary N) is 1. The van der Waals surface area contributed by atoms with Crippen LogP contribution in [0.2, 0.25) is 0 Å². The van der Waals surface area contributed by atoms with E-state index in [1.54, 1.807) is 24.3 Å². The summed E-state index contributed by atoms with van der Waals surface area (Å²) in [7, 11) is 1.32. The van der Waals surface area contributed by atoms with Gasteiger partial charge in [0.05, 0.1) is 13.7 Å². The van der Waals surface area contributed by atoms with Crippen molar-refractivity contribution in [3.8, 4) is 5.75 Å². The topological polar surface area (TPSA) is 64.6 Å². The first-order valence-corrected chi connectivity index (χ1v) is 8.61. The first-order chi connectivity index (χ1) is 11.5. The second-order valence-electron chi connectivity index (χ2n) is 6.15. The SMILES string of the molecule is CCCCCCOc1ccc(C(=O)N[C@H](C(=O)OC)C(C)C)cc1. The molecule has 0 heterocycles. The van der Waals surface area contributed by atoms with Crippen LogP contribution in [0.5, 0.6) is 5.75 Å². The summed E-state index contributed by atoms with van der Waals surface area (Å²) in [5, 5.41) is 2.71. The molecule has 0 spiro atoms. The smallest absolute Gasteiger partial charge is 0.328 e. The fraction of sp³-hybridized carbons (Fsp3) is 0.579. The third-order valence-electron chi connectivity index (χ3n) is 3.79. The van der Waals surface area contributed by atoms with Gasteiger partial charge in [0.25, 0.3) is 5.91 Å². The number of ether oxygens (including phenoxy) is 2. The van der Waals surface area contributed by atoms with E-state index in [-0.39, 0.29) is 11.8 Å². The zero-order valence-electron chi connectivity index (χ0n) is 15.1. The van der Waals surface area contributed by atoms with Crippen molar-refractivity contribution in [3.05, 3.63) is 29.8 Å². The van der Waals surface area contributed by atoms with Crippen molar-refractivity contribution in [2.75, 3.05) is 13.7 Å². The van der Waals surface area contributed by atoms with Crippen LogP contribution in [-0.2, 0) is 9.53 Å². The Morgan fingerprint density at radius 3 is 2.29 bits per heavy atom. The number of methoxy groups -OCH3 is 1. The van der Waals surface area contributed by atoms with E-state index in [0.717, 1.165) is 12.2 Å². The third-order valence-corrected chi connectivity index (χ3v) is 3.79. The van der Waals surface area contributed by atoms with Crippen molar-refractivity contribution in [1.82, 2.24) is 5.32 Å². The number of carbonyl (C=O) groups is 2. The minimum Gasteiger partial charge on any atom is -0.494 e. The van der Waals surface area contributed by atoms with E-state index in [1.165, 1.54) is 26.4 Å². The molecule has 5 nitrogen and oxygen atoms in total. The molecule has 0 fully saturated rings. The Balaban J connectivity index is 2.55. The average Bonchev–Trinajstić information content (AvgIpc) is 2.58. The van der Waals surface area contributed by atoms with Gasteiger partial charge in [0.1, 0.15) is 11.8 Å². The standard InChI is InChI=1S/C19H29NO4/c1-5-6-7-8-13-24-16-11-9-15(10-12-16)18(21)20-17(14(2)3)19(22)23-4/h9-12,14,17H,5-8,13H2,1-4H3,(H,20,21)/t17-/m0/s1. The van der Waals surface area contributed by atoms with Crippen molar-refractivity contribution in [2.24, 2.45) is 5.92 Å². The maximum atomic E-state index is 12.3. The normalized spacial score (nSPS) is 11.9. The molecule has 0 aromatic heterocycles. The summed E-state index contributed by atoms with van der Waals surface area (Å²) in [6, 6.07) is 6.29. The summed E-state index contributed by atoms with van der Waals surface area (Å²) in [4.78, 5) is 24.0. The molecule has 1 aromatic carbocycles. The number of benzene rings is 1. The predicted octanol–water partition coefficient (Wildman–Crippen LogP) is 3.57. The molecule has 1 atom stereocenters. The lowest BCUT2D eigenvalue weighted by atomic mass is 10.0. The zero-order chi connectivity index (χ0) is 17.9. The Morgan fingerprint density at radius 1 is 1.08 bits per heavy atom. The number of rotatable bonds is 10. The van der Waals surface area contributed by atoms with Gasteiger partial charge in [-0.1, -0.05) is 40.0 Å². The highest BCUT2D eigenvalue weighted by molar-refractivity contribution is 5.96. The first-order valence-electron chi connectivity index (χ1n) is 8.61. The zero-order valence-corrected chi connectivity index (χ0v) is 15.1. The molecule has 5 heteroatoms. The summed E-state index contributed by atoms with van der Waals surface area (Å²) in [6.45, 7) is 6.58. The molecular formula is C19H29NO4. The molecule has 0 radical (unpaired) electrons. The molecule has 1 N–H and O–H groups in total. The molecule has 134 valence electrons. The Bertz CT molecular complexity index is 511. The van der Waals surface area contributed by atoms with Gasteiger partial charge in [-0.25, -0.2) is 4.79 Å².